The Hall–Kier alpha value is -3.83. The minimum atomic E-state index is -0.194. The van der Waals surface area contributed by atoms with Crippen molar-refractivity contribution >= 4 is 22.8 Å². The number of carbonyl (C=O) groups excluding carboxylic acids is 1. The normalized spacial score (nSPS) is 10.7. The molecular weight excluding hydrogens is 338 g/mol. The summed E-state index contributed by atoms with van der Waals surface area (Å²) < 4.78 is 5.86. The van der Waals surface area contributed by atoms with Gasteiger partial charge in [-0.15, -0.1) is 0 Å². The van der Waals surface area contributed by atoms with Gasteiger partial charge in [0.1, 0.15) is 23.5 Å². The molecule has 132 valence electrons. The summed E-state index contributed by atoms with van der Waals surface area (Å²) in [6.45, 7) is 1.95. The smallest absolute Gasteiger partial charge is 0.197 e. The quantitative estimate of drug-likeness (QED) is 0.654. The molecule has 0 aliphatic rings. The molecule has 0 aliphatic carbocycles. The fourth-order valence-corrected chi connectivity index (χ4v) is 2.76. The number of nitrogens with zero attached hydrogens (tertiary/aromatic N) is 3. The number of hydrogen-bond acceptors (Lipinski definition) is 5. The molecule has 0 amide bonds. The zero-order valence-corrected chi connectivity index (χ0v) is 15.3. The molecule has 1 heterocycles. The van der Waals surface area contributed by atoms with Gasteiger partial charge in [-0.3, -0.25) is 4.79 Å². The van der Waals surface area contributed by atoms with Crippen LogP contribution in [0.25, 0.3) is 17.0 Å². The van der Waals surface area contributed by atoms with Crippen LogP contribution in [0, 0.1) is 29.6 Å². The van der Waals surface area contributed by atoms with Gasteiger partial charge in [-0.25, -0.2) is 0 Å². The van der Waals surface area contributed by atoms with Crippen molar-refractivity contribution < 1.29 is 9.21 Å². The van der Waals surface area contributed by atoms with E-state index < -0.39 is 0 Å². The number of carbonyl (C=O) groups is 1. The molecule has 0 radical (unpaired) electrons. The fourth-order valence-electron chi connectivity index (χ4n) is 2.76. The van der Waals surface area contributed by atoms with Crippen molar-refractivity contribution in [2.24, 2.45) is 0 Å². The van der Waals surface area contributed by atoms with Crippen LogP contribution in [0.15, 0.2) is 47.0 Å². The number of fused-ring (bicyclic) bond motifs is 1. The van der Waals surface area contributed by atoms with E-state index in [0.717, 1.165) is 5.56 Å². The van der Waals surface area contributed by atoms with Crippen molar-refractivity contribution in [3.63, 3.8) is 0 Å². The number of nitriles is 2. The average molecular weight is 355 g/mol. The highest BCUT2D eigenvalue weighted by Gasteiger charge is 2.22. The molecule has 0 spiro atoms. The number of hydrogen-bond donors (Lipinski definition) is 0. The summed E-state index contributed by atoms with van der Waals surface area (Å²) in [5.41, 5.74) is 2.81. The van der Waals surface area contributed by atoms with Crippen molar-refractivity contribution in [2.75, 3.05) is 14.1 Å². The van der Waals surface area contributed by atoms with Crippen molar-refractivity contribution in [1.82, 2.24) is 4.90 Å². The van der Waals surface area contributed by atoms with E-state index in [2.05, 4.69) is 0 Å². The molecule has 0 bridgehead atoms. The van der Waals surface area contributed by atoms with E-state index >= 15 is 0 Å². The highest BCUT2D eigenvalue weighted by molar-refractivity contribution is 6.18. The van der Waals surface area contributed by atoms with Gasteiger partial charge in [0.15, 0.2) is 5.78 Å². The molecule has 0 atom stereocenters. The van der Waals surface area contributed by atoms with Crippen LogP contribution >= 0.6 is 0 Å². The van der Waals surface area contributed by atoms with Gasteiger partial charge in [0.2, 0.25) is 0 Å². The summed E-state index contributed by atoms with van der Waals surface area (Å²) in [4.78, 5) is 15.0. The van der Waals surface area contributed by atoms with E-state index in [4.69, 9.17) is 4.42 Å². The van der Waals surface area contributed by atoms with Crippen molar-refractivity contribution in [3.8, 4) is 12.1 Å². The first kappa shape index (κ1) is 18.0. The standard InChI is InChI=1S/C22H17N3O2/c1-14-4-6-15(7-5-14)22(26)21-18-10-16(12-23)17(13-24)11-20(18)27-19(21)8-9-25(2)3/h4-11H,1-3H3/b9-8+. The van der Waals surface area contributed by atoms with Crippen LogP contribution in [0.5, 0.6) is 0 Å². The molecule has 0 unspecified atom stereocenters. The van der Waals surface area contributed by atoms with Gasteiger partial charge in [-0.2, -0.15) is 10.5 Å². The van der Waals surface area contributed by atoms with E-state index in [1.54, 1.807) is 30.5 Å². The first-order valence-electron chi connectivity index (χ1n) is 8.31. The number of rotatable bonds is 4. The third-order valence-corrected chi connectivity index (χ3v) is 4.16. The van der Waals surface area contributed by atoms with Crippen LogP contribution in [0.3, 0.4) is 0 Å². The SMILES string of the molecule is Cc1ccc(C(=O)c2c(/C=C/N(C)C)oc3cc(C#N)c(C#N)cc23)cc1. The zero-order valence-electron chi connectivity index (χ0n) is 15.3. The maximum atomic E-state index is 13.2. The molecule has 3 aromatic rings. The highest BCUT2D eigenvalue weighted by atomic mass is 16.3. The Morgan fingerprint density at radius 2 is 1.70 bits per heavy atom. The van der Waals surface area contributed by atoms with Crippen LogP contribution in [-0.4, -0.2) is 24.8 Å². The Bertz CT molecular complexity index is 1140. The molecule has 3 rings (SSSR count). The number of aryl methyl sites for hydroxylation is 1. The van der Waals surface area contributed by atoms with Gasteiger partial charge in [0, 0.05) is 37.3 Å². The summed E-state index contributed by atoms with van der Waals surface area (Å²) in [7, 11) is 3.73. The topological polar surface area (TPSA) is 81.0 Å². The largest absolute Gasteiger partial charge is 0.456 e. The lowest BCUT2D eigenvalue weighted by Crippen LogP contribution is -2.03. The first-order chi connectivity index (χ1) is 12.9. The zero-order chi connectivity index (χ0) is 19.6. The van der Waals surface area contributed by atoms with E-state index in [0.29, 0.717) is 27.9 Å². The lowest BCUT2D eigenvalue weighted by atomic mass is 9.97. The van der Waals surface area contributed by atoms with Gasteiger partial charge in [-0.05, 0) is 19.1 Å². The van der Waals surface area contributed by atoms with E-state index in [1.807, 2.05) is 50.2 Å². The average Bonchev–Trinajstić information content (AvgIpc) is 3.02. The van der Waals surface area contributed by atoms with Gasteiger partial charge in [-0.1, -0.05) is 29.8 Å². The molecular formula is C22H17N3O2. The van der Waals surface area contributed by atoms with Crippen LogP contribution in [0.1, 0.15) is 38.4 Å². The third-order valence-electron chi connectivity index (χ3n) is 4.16. The lowest BCUT2D eigenvalue weighted by Gasteiger charge is -2.04. The van der Waals surface area contributed by atoms with Crippen molar-refractivity contribution in [1.29, 1.82) is 10.5 Å². The fraction of sp³-hybridized carbons (Fsp3) is 0.136. The number of benzene rings is 2. The lowest BCUT2D eigenvalue weighted by molar-refractivity contribution is 0.103. The van der Waals surface area contributed by atoms with Crippen LogP contribution < -0.4 is 0 Å². The van der Waals surface area contributed by atoms with E-state index in [-0.39, 0.29) is 16.9 Å². The molecule has 2 aromatic carbocycles. The summed E-state index contributed by atoms with van der Waals surface area (Å²) >= 11 is 0. The molecule has 5 nitrogen and oxygen atoms in total. The minimum Gasteiger partial charge on any atom is -0.456 e. The molecule has 0 saturated heterocycles. The van der Waals surface area contributed by atoms with Crippen molar-refractivity contribution in [3.05, 3.63) is 76.2 Å². The summed E-state index contributed by atoms with van der Waals surface area (Å²) in [6, 6.07) is 14.3. The van der Waals surface area contributed by atoms with Gasteiger partial charge >= 0.3 is 0 Å². The Kier molecular flexibility index (Phi) is 4.79. The Morgan fingerprint density at radius 1 is 1.07 bits per heavy atom. The van der Waals surface area contributed by atoms with Crippen molar-refractivity contribution in [2.45, 2.75) is 6.92 Å². The van der Waals surface area contributed by atoms with E-state index in [9.17, 15) is 15.3 Å². The number of furan rings is 1. The minimum absolute atomic E-state index is 0.194. The molecule has 0 N–H and O–H groups in total. The third kappa shape index (κ3) is 3.44. The second kappa shape index (κ2) is 7.19. The molecule has 0 aliphatic heterocycles. The Morgan fingerprint density at radius 3 is 2.30 bits per heavy atom. The maximum Gasteiger partial charge on any atom is 0.197 e. The predicted molar refractivity (Wildman–Crippen MR) is 103 cm³/mol. The summed E-state index contributed by atoms with van der Waals surface area (Å²) in [6.07, 6.45) is 3.49. The van der Waals surface area contributed by atoms with Crippen LogP contribution in [-0.2, 0) is 0 Å². The summed E-state index contributed by atoms with van der Waals surface area (Å²) in [5.74, 6) is 0.198. The van der Waals surface area contributed by atoms with Gasteiger partial charge in [0.05, 0.1) is 16.7 Å². The molecule has 0 saturated carbocycles. The van der Waals surface area contributed by atoms with Gasteiger partial charge < -0.3 is 9.32 Å². The maximum absolute atomic E-state index is 13.2. The van der Waals surface area contributed by atoms with Gasteiger partial charge in [0.25, 0.3) is 0 Å². The Labute approximate surface area is 157 Å². The van der Waals surface area contributed by atoms with E-state index in [1.165, 1.54) is 6.07 Å². The molecule has 27 heavy (non-hydrogen) atoms. The molecule has 1 aromatic heterocycles. The summed E-state index contributed by atoms with van der Waals surface area (Å²) in [5, 5.41) is 19.1. The van der Waals surface area contributed by atoms with Crippen LogP contribution in [0.4, 0.5) is 0 Å². The molecule has 0 fully saturated rings. The second-order valence-corrected chi connectivity index (χ2v) is 6.43. The number of ketones is 1. The predicted octanol–water partition coefficient (Wildman–Crippen LogP) is 4.25. The second-order valence-electron chi connectivity index (χ2n) is 6.43. The first-order valence-corrected chi connectivity index (χ1v) is 8.31. The van der Waals surface area contributed by atoms with Crippen LogP contribution in [0.2, 0.25) is 0 Å². The Balaban J connectivity index is 2.28. The monoisotopic (exact) mass is 355 g/mol. The molecule has 5 heteroatoms. The highest BCUT2D eigenvalue weighted by Crippen LogP contribution is 2.31.